The second kappa shape index (κ2) is 10.8. The molecule has 2 rings (SSSR count). The number of hydrogen-bond donors (Lipinski definition) is 1. The summed E-state index contributed by atoms with van der Waals surface area (Å²) in [4.78, 5) is 12.1. The van der Waals surface area contributed by atoms with E-state index < -0.39 is 0 Å². The van der Waals surface area contributed by atoms with Crippen LogP contribution in [-0.2, 0) is 4.79 Å². The summed E-state index contributed by atoms with van der Waals surface area (Å²) in [6.07, 6.45) is 15.9. The van der Waals surface area contributed by atoms with Gasteiger partial charge in [-0.3, -0.25) is 4.79 Å². The zero-order valence-corrected chi connectivity index (χ0v) is 20.3. The molecule has 1 aliphatic rings. The standard InChI is InChI=1S/C26H32INO/c1-19(11-16-24-21(3)10-7-17-26(24,4)5)8-6-9-20(2)18-25(29)28-23-14-12-22(27)13-15-23/h6,8-9,11-16,18H,7,10,17H2,1-5H3,(H,28,29)/b9-6+,16-11+,19-8+,20-18+. The molecule has 2 nitrogen and oxygen atoms in total. The van der Waals surface area contributed by atoms with E-state index in [-0.39, 0.29) is 11.3 Å². The third-order valence-electron chi connectivity index (χ3n) is 5.24. The Kier molecular flexibility index (Phi) is 8.69. The molecule has 0 saturated heterocycles. The predicted molar refractivity (Wildman–Crippen MR) is 134 cm³/mol. The van der Waals surface area contributed by atoms with Crippen LogP contribution < -0.4 is 5.32 Å². The predicted octanol–water partition coefficient (Wildman–Crippen LogP) is 7.76. The average Bonchev–Trinajstić information content (AvgIpc) is 2.62. The van der Waals surface area contributed by atoms with Crippen molar-refractivity contribution in [2.45, 2.75) is 53.9 Å². The van der Waals surface area contributed by atoms with Gasteiger partial charge >= 0.3 is 0 Å². The fourth-order valence-corrected chi connectivity index (χ4v) is 3.96. The fourth-order valence-electron chi connectivity index (χ4n) is 3.60. The summed E-state index contributed by atoms with van der Waals surface area (Å²) >= 11 is 2.24. The SMILES string of the molecule is CC1=C(/C=C/C(C)=C/C=C/C(C)=C/C(=O)Nc2ccc(I)cc2)C(C)(C)CCC1. The number of halogens is 1. The third kappa shape index (κ3) is 7.81. The van der Waals surface area contributed by atoms with Gasteiger partial charge in [0.2, 0.25) is 5.91 Å². The lowest BCUT2D eigenvalue weighted by molar-refractivity contribution is -0.111. The minimum atomic E-state index is -0.115. The lowest BCUT2D eigenvalue weighted by Gasteiger charge is -2.32. The van der Waals surface area contributed by atoms with Crippen molar-refractivity contribution in [2.24, 2.45) is 5.41 Å². The number of hydrogen-bond acceptors (Lipinski definition) is 1. The van der Waals surface area contributed by atoms with Crippen LogP contribution in [-0.4, -0.2) is 5.91 Å². The van der Waals surface area contributed by atoms with Crippen LogP contribution in [0.25, 0.3) is 0 Å². The Hall–Kier alpha value is -1.88. The number of anilines is 1. The van der Waals surface area contributed by atoms with E-state index in [2.05, 4.69) is 73.8 Å². The molecule has 0 fully saturated rings. The summed E-state index contributed by atoms with van der Waals surface area (Å²) in [5, 5.41) is 2.88. The molecule has 0 saturated carbocycles. The highest BCUT2D eigenvalue weighted by molar-refractivity contribution is 14.1. The molecular formula is C26H32INO. The first-order chi connectivity index (χ1) is 13.7. The van der Waals surface area contributed by atoms with Gasteiger partial charge in [0.05, 0.1) is 0 Å². The molecule has 29 heavy (non-hydrogen) atoms. The van der Waals surface area contributed by atoms with Gasteiger partial charge < -0.3 is 5.32 Å². The van der Waals surface area contributed by atoms with E-state index in [1.807, 2.05) is 43.3 Å². The van der Waals surface area contributed by atoms with Crippen LogP contribution in [0.3, 0.4) is 0 Å². The molecule has 1 aromatic carbocycles. The molecule has 1 aliphatic carbocycles. The first-order valence-corrected chi connectivity index (χ1v) is 11.2. The summed E-state index contributed by atoms with van der Waals surface area (Å²) in [6.45, 7) is 11.0. The second-order valence-electron chi connectivity index (χ2n) is 8.42. The number of rotatable bonds is 6. The summed E-state index contributed by atoms with van der Waals surface area (Å²) in [5.74, 6) is -0.115. The van der Waals surface area contributed by atoms with Gasteiger partial charge in [-0.1, -0.05) is 55.4 Å². The zero-order valence-electron chi connectivity index (χ0n) is 18.2. The quantitative estimate of drug-likeness (QED) is 0.241. The molecule has 0 spiro atoms. The Balaban J connectivity index is 1.95. The molecule has 3 heteroatoms. The lowest BCUT2D eigenvalue weighted by Crippen LogP contribution is -2.19. The minimum Gasteiger partial charge on any atom is -0.323 e. The van der Waals surface area contributed by atoms with Gasteiger partial charge in [0, 0.05) is 15.3 Å². The first kappa shape index (κ1) is 23.4. The Morgan fingerprint density at radius 3 is 2.45 bits per heavy atom. The molecule has 1 N–H and O–H groups in total. The van der Waals surface area contributed by atoms with Gasteiger partial charge in [-0.05, 0) is 103 Å². The van der Waals surface area contributed by atoms with Crippen molar-refractivity contribution in [3.8, 4) is 0 Å². The van der Waals surface area contributed by atoms with Crippen molar-refractivity contribution in [2.75, 3.05) is 5.32 Å². The van der Waals surface area contributed by atoms with E-state index in [1.165, 1.54) is 36.0 Å². The smallest absolute Gasteiger partial charge is 0.248 e. The van der Waals surface area contributed by atoms with E-state index in [0.29, 0.717) is 0 Å². The molecule has 0 aliphatic heterocycles. The molecular weight excluding hydrogens is 469 g/mol. The van der Waals surface area contributed by atoms with Crippen LogP contribution in [0, 0.1) is 8.99 Å². The Morgan fingerprint density at radius 1 is 1.10 bits per heavy atom. The molecule has 0 aromatic heterocycles. The lowest BCUT2D eigenvalue weighted by atomic mass is 9.72. The van der Waals surface area contributed by atoms with Gasteiger partial charge in [0.25, 0.3) is 0 Å². The molecule has 0 unspecified atom stereocenters. The van der Waals surface area contributed by atoms with Crippen LogP contribution in [0.4, 0.5) is 5.69 Å². The van der Waals surface area contributed by atoms with Crippen molar-refractivity contribution in [1.29, 1.82) is 0 Å². The van der Waals surface area contributed by atoms with Gasteiger partial charge in [0.15, 0.2) is 0 Å². The maximum absolute atomic E-state index is 12.1. The molecule has 0 atom stereocenters. The summed E-state index contributed by atoms with van der Waals surface area (Å²) in [5.41, 5.74) is 6.16. The van der Waals surface area contributed by atoms with E-state index in [9.17, 15) is 4.79 Å². The maximum Gasteiger partial charge on any atom is 0.248 e. The molecule has 0 heterocycles. The average molecular weight is 501 g/mol. The Labute approximate surface area is 189 Å². The van der Waals surface area contributed by atoms with E-state index in [1.54, 1.807) is 6.08 Å². The number of allylic oxidation sites excluding steroid dienone is 9. The monoisotopic (exact) mass is 501 g/mol. The highest BCUT2D eigenvalue weighted by atomic mass is 127. The van der Waals surface area contributed by atoms with Crippen molar-refractivity contribution < 1.29 is 4.79 Å². The number of carbonyl (C=O) groups is 1. The fraction of sp³-hybridized carbons (Fsp3) is 0.346. The highest BCUT2D eigenvalue weighted by Gasteiger charge is 2.26. The van der Waals surface area contributed by atoms with Crippen molar-refractivity contribution in [3.63, 3.8) is 0 Å². The highest BCUT2D eigenvalue weighted by Crippen LogP contribution is 2.40. The van der Waals surface area contributed by atoms with Gasteiger partial charge in [0.1, 0.15) is 0 Å². The molecule has 154 valence electrons. The van der Waals surface area contributed by atoms with Gasteiger partial charge in [-0.2, -0.15) is 0 Å². The molecule has 0 radical (unpaired) electrons. The second-order valence-corrected chi connectivity index (χ2v) is 9.66. The largest absolute Gasteiger partial charge is 0.323 e. The molecule has 1 amide bonds. The maximum atomic E-state index is 12.1. The van der Waals surface area contributed by atoms with E-state index >= 15 is 0 Å². The Bertz CT molecular complexity index is 880. The third-order valence-corrected chi connectivity index (χ3v) is 5.96. The normalized spacial score (nSPS) is 18.0. The number of amides is 1. The summed E-state index contributed by atoms with van der Waals surface area (Å²) in [7, 11) is 0. The topological polar surface area (TPSA) is 29.1 Å². The van der Waals surface area contributed by atoms with Crippen molar-refractivity contribution in [1.82, 2.24) is 0 Å². The van der Waals surface area contributed by atoms with Gasteiger partial charge in [-0.15, -0.1) is 0 Å². The molecule has 1 aromatic rings. The molecule has 0 bridgehead atoms. The first-order valence-electron chi connectivity index (χ1n) is 10.2. The summed E-state index contributed by atoms with van der Waals surface area (Å²) in [6, 6.07) is 7.75. The van der Waals surface area contributed by atoms with E-state index in [4.69, 9.17) is 0 Å². The zero-order chi connectivity index (χ0) is 21.4. The number of nitrogens with one attached hydrogen (secondary N) is 1. The van der Waals surface area contributed by atoms with E-state index in [0.717, 1.165) is 14.8 Å². The van der Waals surface area contributed by atoms with Crippen LogP contribution in [0.15, 0.2) is 83.0 Å². The van der Waals surface area contributed by atoms with Crippen LogP contribution in [0.1, 0.15) is 53.9 Å². The van der Waals surface area contributed by atoms with Crippen molar-refractivity contribution >= 4 is 34.2 Å². The van der Waals surface area contributed by atoms with Crippen LogP contribution in [0.2, 0.25) is 0 Å². The van der Waals surface area contributed by atoms with Crippen LogP contribution >= 0.6 is 22.6 Å². The number of carbonyl (C=O) groups excluding carboxylic acids is 1. The van der Waals surface area contributed by atoms with Crippen molar-refractivity contribution in [3.05, 3.63) is 86.6 Å². The summed E-state index contributed by atoms with van der Waals surface area (Å²) < 4.78 is 1.14. The van der Waals surface area contributed by atoms with Crippen LogP contribution in [0.5, 0.6) is 0 Å². The Morgan fingerprint density at radius 2 is 1.79 bits per heavy atom. The van der Waals surface area contributed by atoms with Gasteiger partial charge in [-0.25, -0.2) is 0 Å². The minimum absolute atomic E-state index is 0.115. The number of benzene rings is 1.